The van der Waals surface area contributed by atoms with Crippen LogP contribution in [0, 0.1) is 5.92 Å². The lowest BCUT2D eigenvalue weighted by Crippen LogP contribution is -2.41. The number of ether oxygens (including phenoxy) is 1. The first-order valence-electron chi connectivity index (χ1n) is 10.1. The van der Waals surface area contributed by atoms with Crippen LogP contribution in [0.4, 0.5) is 5.82 Å². The van der Waals surface area contributed by atoms with Gasteiger partial charge in [-0.2, -0.15) is 0 Å². The van der Waals surface area contributed by atoms with E-state index in [4.69, 9.17) is 4.74 Å². The number of nitrogens with one attached hydrogen (secondary N) is 2. The number of nitrogens with zero attached hydrogens (tertiary/aromatic N) is 3. The zero-order valence-corrected chi connectivity index (χ0v) is 18.9. The van der Waals surface area contributed by atoms with E-state index in [1.807, 2.05) is 6.20 Å². The quantitative estimate of drug-likeness (QED) is 0.367. The van der Waals surface area contributed by atoms with Gasteiger partial charge in [0.15, 0.2) is 5.96 Å². The standard InChI is InChI=1S/C20H33N5O.HI/c1-3-21-20(24-15-18-5-4-12-26-18)23-14-17-6-7-19(22-13-17)25-10-8-16(2)9-11-25;/h6-7,13,16,18H,3-5,8-12,14-15H2,1-2H3,(H2,21,23,24);1H. The molecule has 0 saturated carbocycles. The molecule has 0 aromatic carbocycles. The molecule has 152 valence electrons. The molecule has 0 bridgehead atoms. The Kier molecular flexibility index (Phi) is 9.61. The van der Waals surface area contributed by atoms with Gasteiger partial charge in [0.05, 0.1) is 12.6 Å². The van der Waals surface area contributed by atoms with E-state index in [1.54, 1.807) is 0 Å². The minimum Gasteiger partial charge on any atom is -0.376 e. The van der Waals surface area contributed by atoms with Gasteiger partial charge in [-0.25, -0.2) is 9.98 Å². The highest BCUT2D eigenvalue weighted by atomic mass is 127. The van der Waals surface area contributed by atoms with Crippen LogP contribution in [0.1, 0.15) is 45.1 Å². The van der Waals surface area contributed by atoms with Crippen LogP contribution < -0.4 is 15.5 Å². The molecule has 0 aliphatic carbocycles. The van der Waals surface area contributed by atoms with E-state index in [9.17, 15) is 0 Å². The summed E-state index contributed by atoms with van der Waals surface area (Å²) in [4.78, 5) is 11.7. The Morgan fingerprint density at radius 3 is 2.70 bits per heavy atom. The summed E-state index contributed by atoms with van der Waals surface area (Å²) in [6.45, 7) is 9.82. The monoisotopic (exact) mass is 487 g/mol. The molecule has 2 aliphatic heterocycles. The third kappa shape index (κ3) is 7.10. The predicted molar refractivity (Wildman–Crippen MR) is 122 cm³/mol. The van der Waals surface area contributed by atoms with Crippen molar-refractivity contribution in [2.45, 2.75) is 52.2 Å². The van der Waals surface area contributed by atoms with Gasteiger partial charge in [0.1, 0.15) is 5.82 Å². The molecule has 1 aromatic rings. The lowest BCUT2D eigenvalue weighted by molar-refractivity contribution is 0.114. The summed E-state index contributed by atoms with van der Waals surface area (Å²) in [5.74, 6) is 2.77. The van der Waals surface area contributed by atoms with Crippen molar-refractivity contribution in [3.8, 4) is 0 Å². The molecule has 1 atom stereocenters. The van der Waals surface area contributed by atoms with E-state index in [0.29, 0.717) is 12.6 Å². The number of aliphatic imine (C=N–C) groups is 1. The Labute approximate surface area is 180 Å². The smallest absolute Gasteiger partial charge is 0.191 e. The van der Waals surface area contributed by atoms with E-state index < -0.39 is 0 Å². The summed E-state index contributed by atoms with van der Waals surface area (Å²) >= 11 is 0. The van der Waals surface area contributed by atoms with Crippen LogP contribution in [-0.4, -0.2) is 49.8 Å². The van der Waals surface area contributed by atoms with Gasteiger partial charge in [0.25, 0.3) is 0 Å². The Balaban J connectivity index is 0.00000261. The number of hydrogen-bond donors (Lipinski definition) is 2. The zero-order valence-electron chi connectivity index (χ0n) is 16.6. The molecule has 1 aromatic heterocycles. The van der Waals surface area contributed by atoms with Gasteiger partial charge in [-0.05, 0) is 50.2 Å². The molecule has 2 fully saturated rings. The van der Waals surface area contributed by atoms with Crippen LogP contribution in [0.3, 0.4) is 0 Å². The maximum Gasteiger partial charge on any atom is 0.191 e. The average Bonchev–Trinajstić information content (AvgIpc) is 3.19. The molecule has 3 rings (SSSR count). The van der Waals surface area contributed by atoms with Gasteiger partial charge in [-0.3, -0.25) is 0 Å². The third-order valence-electron chi connectivity index (χ3n) is 5.20. The van der Waals surface area contributed by atoms with Gasteiger partial charge < -0.3 is 20.3 Å². The Hall–Kier alpha value is -1.09. The molecule has 2 saturated heterocycles. The SMILES string of the molecule is CCNC(=NCc1ccc(N2CCC(C)CC2)nc1)NCC1CCCO1.I. The molecule has 2 N–H and O–H groups in total. The molecule has 0 amide bonds. The third-order valence-corrected chi connectivity index (χ3v) is 5.20. The largest absolute Gasteiger partial charge is 0.376 e. The molecular formula is C20H34IN5O. The van der Waals surface area contributed by atoms with Gasteiger partial charge in [0.2, 0.25) is 0 Å². The molecule has 27 heavy (non-hydrogen) atoms. The average molecular weight is 487 g/mol. The number of anilines is 1. The first-order chi connectivity index (χ1) is 12.7. The van der Waals surface area contributed by atoms with Crippen molar-refractivity contribution in [2.24, 2.45) is 10.9 Å². The Bertz CT molecular complexity index is 566. The molecule has 6 nitrogen and oxygen atoms in total. The van der Waals surface area contributed by atoms with Crippen molar-refractivity contribution in [3.05, 3.63) is 23.9 Å². The molecule has 0 radical (unpaired) electrons. The van der Waals surface area contributed by atoms with Crippen molar-refractivity contribution < 1.29 is 4.74 Å². The molecular weight excluding hydrogens is 453 g/mol. The van der Waals surface area contributed by atoms with E-state index in [-0.39, 0.29) is 24.0 Å². The number of guanidine groups is 1. The van der Waals surface area contributed by atoms with Crippen molar-refractivity contribution in [3.63, 3.8) is 0 Å². The van der Waals surface area contributed by atoms with Gasteiger partial charge in [-0.15, -0.1) is 24.0 Å². The first kappa shape index (κ1) is 22.2. The van der Waals surface area contributed by atoms with Crippen molar-refractivity contribution >= 4 is 35.8 Å². The highest BCUT2D eigenvalue weighted by Crippen LogP contribution is 2.21. The fourth-order valence-corrected chi connectivity index (χ4v) is 3.46. The van der Waals surface area contributed by atoms with Gasteiger partial charge in [0, 0.05) is 39.0 Å². The lowest BCUT2D eigenvalue weighted by Gasteiger charge is -2.31. The van der Waals surface area contributed by atoms with Crippen LogP contribution in [0.5, 0.6) is 0 Å². The molecule has 3 heterocycles. The second kappa shape index (κ2) is 11.7. The Morgan fingerprint density at radius 2 is 2.07 bits per heavy atom. The molecule has 1 unspecified atom stereocenters. The fourth-order valence-electron chi connectivity index (χ4n) is 3.46. The van der Waals surface area contributed by atoms with Crippen LogP contribution in [0.2, 0.25) is 0 Å². The number of pyridine rings is 1. The van der Waals surface area contributed by atoms with Crippen LogP contribution in [-0.2, 0) is 11.3 Å². The van der Waals surface area contributed by atoms with E-state index >= 15 is 0 Å². The maximum atomic E-state index is 5.66. The molecule has 7 heteroatoms. The number of halogens is 1. The minimum absolute atomic E-state index is 0. The van der Waals surface area contributed by atoms with Crippen molar-refractivity contribution in [1.29, 1.82) is 0 Å². The summed E-state index contributed by atoms with van der Waals surface area (Å²) in [6, 6.07) is 4.28. The summed E-state index contributed by atoms with van der Waals surface area (Å²) in [5.41, 5.74) is 1.13. The maximum absolute atomic E-state index is 5.66. The normalized spacial score (nSPS) is 21.0. The second-order valence-corrected chi connectivity index (χ2v) is 7.41. The van der Waals surface area contributed by atoms with Gasteiger partial charge in [-0.1, -0.05) is 13.0 Å². The summed E-state index contributed by atoms with van der Waals surface area (Å²) < 4.78 is 5.66. The van der Waals surface area contributed by atoms with Crippen LogP contribution in [0.25, 0.3) is 0 Å². The van der Waals surface area contributed by atoms with E-state index in [2.05, 4.69) is 51.5 Å². The molecule has 0 spiro atoms. The second-order valence-electron chi connectivity index (χ2n) is 7.41. The van der Waals surface area contributed by atoms with Crippen LogP contribution >= 0.6 is 24.0 Å². The topological polar surface area (TPSA) is 61.8 Å². The Morgan fingerprint density at radius 1 is 1.26 bits per heavy atom. The molecule has 2 aliphatic rings. The fraction of sp³-hybridized carbons (Fsp3) is 0.700. The minimum atomic E-state index is 0. The summed E-state index contributed by atoms with van der Waals surface area (Å²) in [5, 5.41) is 6.68. The van der Waals surface area contributed by atoms with E-state index in [1.165, 1.54) is 12.8 Å². The predicted octanol–water partition coefficient (Wildman–Crippen LogP) is 3.17. The first-order valence-corrected chi connectivity index (χ1v) is 10.1. The highest BCUT2D eigenvalue weighted by Gasteiger charge is 2.17. The van der Waals surface area contributed by atoms with Crippen molar-refractivity contribution in [1.82, 2.24) is 15.6 Å². The van der Waals surface area contributed by atoms with E-state index in [0.717, 1.165) is 68.9 Å². The van der Waals surface area contributed by atoms with Crippen LogP contribution in [0.15, 0.2) is 23.3 Å². The number of aromatic nitrogens is 1. The lowest BCUT2D eigenvalue weighted by atomic mass is 9.99. The number of piperidine rings is 1. The summed E-state index contributed by atoms with van der Waals surface area (Å²) in [7, 11) is 0. The zero-order chi connectivity index (χ0) is 18.2. The summed E-state index contributed by atoms with van der Waals surface area (Å²) in [6.07, 6.45) is 7.08. The van der Waals surface area contributed by atoms with Crippen molar-refractivity contribution in [2.75, 3.05) is 37.7 Å². The number of hydrogen-bond acceptors (Lipinski definition) is 4. The highest BCUT2D eigenvalue weighted by molar-refractivity contribution is 14.0. The van der Waals surface area contributed by atoms with Gasteiger partial charge >= 0.3 is 0 Å². The number of rotatable bonds is 6.